The minimum absolute atomic E-state index is 0.326. The highest BCUT2D eigenvalue weighted by Gasteiger charge is 2.19. The molecule has 1 amide bonds. The van der Waals surface area contributed by atoms with Crippen molar-refractivity contribution in [1.29, 1.82) is 0 Å². The maximum atomic E-state index is 12.9. The Morgan fingerprint density at radius 3 is 2.65 bits per heavy atom. The molecule has 0 bridgehead atoms. The highest BCUT2D eigenvalue weighted by Crippen LogP contribution is 2.09. The van der Waals surface area contributed by atoms with Crippen molar-refractivity contribution in [3.05, 3.63) is 30.1 Å². The van der Waals surface area contributed by atoms with E-state index < -0.39 is 40.4 Å². The summed E-state index contributed by atoms with van der Waals surface area (Å²) in [6, 6.07) is 4.28. The number of hydrogen-bond donors (Lipinski definition) is 2. The maximum Gasteiger partial charge on any atom is 0.321 e. The SMILES string of the molecule is C[C@H](OC(=O)CNS(=O)(=O)c1cccc(F)c1)C(N)=O. The summed E-state index contributed by atoms with van der Waals surface area (Å²) in [7, 11) is -4.04. The summed E-state index contributed by atoms with van der Waals surface area (Å²) >= 11 is 0. The smallest absolute Gasteiger partial charge is 0.321 e. The average molecular weight is 304 g/mol. The van der Waals surface area contributed by atoms with Crippen LogP contribution in [0.5, 0.6) is 0 Å². The summed E-state index contributed by atoms with van der Waals surface area (Å²) < 4.78 is 42.9. The Bertz CT molecular complexity index is 617. The second-order valence-corrected chi connectivity index (χ2v) is 5.58. The lowest BCUT2D eigenvalue weighted by atomic mass is 10.4. The van der Waals surface area contributed by atoms with Crippen molar-refractivity contribution in [3.63, 3.8) is 0 Å². The van der Waals surface area contributed by atoms with Crippen LogP contribution in [0.2, 0.25) is 0 Å². The van der Waals surface area contributed by atoms with Gasteiger partial charge in [-0.2, -0.15) is 4.72 Å². The second kappa shape index (κ2) is 6.44. The molecule has 0 aromatic heterocycles. The van der Waals surface area contributed by atoms with Gasteiger partial charge in [0.25, 0.3) is 5.91 Å². The Hall–Kier alpha value is -2.00. The molecular weight excluding hydrogens is 291 g/mol. The Balaban J connectivity index is 2.65. The predicted octanol–water partition coefficient (Wildman–Crippen LogP) is -0.479. The number of hydrogen-bond acceptors (Lipinski definition) is 5. The Morgan fingerprint density at radius 2 is 2.10 bits per heavy atom. The molecule has 110 valence electrons. The van der Waals surface area contributed by atoms with E-state index in [-0.39, 0.29) is 4.90 Å². The number of ether oxygens (including phenoxy) is 1. The zero-order chi connectivity index (χ0) is 15.3. The molecule has 0 saturated carbocycles. The molecule has 7 nitrogen and oxygen atoms in total. The van der Waals surface area contributed by atoms with Gasteiger partial charge in [0.05, 0.1) is 4.90 Å². The maximum absolute atomic E-state index is 12.9. The van der Waals surface area contributed by atoms with E-state index in [2.05, 4.69) is 4.74 Å². The number of halogens is 1. The molecule has 20 heavy (non-hydrogen) atoms. The first-order valence-corrected chi connectivity index (χ1v) is 6.94. The molecule has 0 fully saturated rings. The standard InChI is InChI=1S/C11H13FN2O5S/c1-7(11(13)16)19-10(15)6-14-20(17,18)9-4-2-3-8(12)5-9/h2-5,7,14H,6H2,1H3,(H2,13,16)/t7-/m0/s1. The van der Waals surface area contributed by atoms with Gasteiger partial charge >= 0.3 is 5.97 Å². The summed E-state index contributed by atoms with van der Waals surface area (Å²) in [5.74, 6) is -2.56. The van der Waals surface area contributed by atoms with Crippen molar-refractivity contribution >= 4 is 21.9 Å². The zero-order valence-electron chi connectivity index (χ0n) is 10.5. The van der Waals surface area contributed by atoms with Gasteiger partial charge in [0, 0.05) is 0 Å². The summed E-state index contributed by atoms with van der Waals surface area (Å²) in [6.45, 7) is 0.553. The van der Waals surface area contributed by atoms with E-state index in [1.165, 1.54) is 19.1 Å². The number of benzene rings is 1. The zero-order valence-corrected chi connectivity index (χ0v) is 11.3. The van der Waals surface area contributed by atoms with E-state index in [1.54, 1.807) is 0 Å². The van der Waals surface area contributed by atoms with Crippen LogP contribution in [0.4, 0.5) is 4.39 Å². The number of primary amides is 1. The van der Waals surface area contributed by atoms with Crippen LogP contribution < -0.4 is 10.5 Å². The predicted molar refractivity (Wildman–Crippen MR) is 66.3 cm³/mol. The molecular formula is C11H13FN2O5S. The van der Waals surface area contributed by atoms with Gasteiger partial charge < -0.3 is 10.5 Å². The molecule has 0 aliphatic heterocycles. The molecule has 0 spiro atoms. The lowest BCUT2D eigenvalue weighted by molar-refractivity contribution is -0.152. The summed E-state index contributed by atoms with van der Waals surface area (Å²) in [6.07, 6.45) is -1.17. The van der Waals surface area contributed by atoms with Gasteiger partial charge in [-0.25, -0.2) is 12.8 Å². The van der Waals surface area contributed by atoms with Crippen LogP contribution >= 0.6 is 0 Å². The normalized spacial score (nSPS) is 12.7. The van der Waals surface area contributed by atoms with Gasteiger partial charge in [-0.3, -0.25) is 9.59 Å². The largest absolute Gasteiger partial charge is 0.452 e. The Morgan fingerprint density at radius 1 is 1.45 bits per heavy atom. The summed E-state index contributed by atoms with van der Waals surface area (Å²) in [5.41, 5.74) is 4.88. The van der Waals surface area contributed by atoms with Crippen molar-refractivity contribution in [2.75, 3.05) is 6.54 Å². The van der Waals surface area contributed by atoms with E-state index >= 15 is 0 Å². The molecule has 0 unspecified atom stereocenters. The number of amides is 1. The molecule has 1 rings (SSSR count). The third kappa shape index (κ3) is 4.59. The highest BCUT2D eigenvalue weighted by molar-refractivity contribution is 7.89. The lowest BCUT2D eigenvalue weighted by Crippen LogP contribution is -2.36. The monoisotopic (exact) mass is 304 g/mol. The third-order valence-electron chi connectivity index (χ3n) is 2.22. The Labute approximate surface area is 115 Å². The quantitative estimate of drug-likeness (QED) is 0.689. The van der Waals surface area contributed by atoms with Crippen molar-refractivity contribution in [1.82, 2.24) is 4.72 Å². The van der Waals surface area contributed by atoms with Gasteiger partial charge in [-0.05, 0) is 25.1 Å². The van der Waals surface area contributed by atoms with E-state index in [1.807, 2.05) is 4.72 Å². The van der Waals surface area contributed by atoms with Crippen LogP contribution in [-0.4, -0.2) is 32.9 Å². The number of carbonyl (C=O) groups is 2. The van der Waals surface area contributed by atoms with Crippen LogP contribution in [0.15, 0.2) is 29.2 Å². The van der Waals surface area contributed by atoms with Crippen molar-refractivity contribution in [2.24, 2.45) is 5.73 Å². The summed E-state index contributed by atoms with van der Waals surface area (Å²) in [5, 5.41) is 0. The van der Waals surface area contributed by atoms with Gasteiger partial charge in [-0.1, -0.05) is 6.07 Å². The minimum atomic E-state index is -4.04. The van der Waals surface area contributed by atoms with Gasteiger partial charge in [0.2, 0.25) is 10.0 Å². The molecule has 1 atom stereocenters. The number of esters is 1. The van der Waals surface area contributed by atoms with Crippen LogP contribution in [0.25, 0.3) is 0 Å². The first-order valence-electron chi connectivity index (χ1n) is 5.46. The van der Waals surface area contributed by atoms with Crippen LogP contribution in [0.3, 0.4) is 0 Å². The average Bonchev–Trinajstić information content (AvgIpc) is 2.36. The van der Waals surface area contributed by atoms with E-state index in [9.17, 15) is 22.4 Å². The minimum Gasteiger partial charge on any atom is -0.452 e. The molecule has 9 heteroatoms. The van der Waals surface area contributed by atoms with Crippen molar-refractivity contribution in [3.8, 4) is 0 Å². The number of nitrogens with one attached hydrogen (secondary N) is 1. The molecule has 0 heterocycles. The lowest BCUT2D eigenvalue weighted by Gasteiger charge is -2.10. The fourth-order valence-corrected chi connectivity index (χ4v) is 2.17. The topological polar surface area (TPSA) is 116 Å². The number of sulfonamides is 1. The van der Waals surface area contributed by atoms with Gasteiger partial charge in [0.15, 0.2) is 6.10 Å². The summed E-state index contributed by atoms with van der Waals surface area (Å²) in [4.78, 5) is 21.6. The first-order chi connectivity index (χ1) is 9.22. The number of carbonyl (C=O) groups excluding carboxylic acids is 2. The van der Waals surface area contributed by atoms with Gasteiger partial charge in [-0.15, -0.1) is 0 Å². The molecule has 1 aromatic rings. The second-order valence-electron chi connectivity index (χ2n) is 3.82. The molecule has 3 N–H and O–H groups in total. The molecule has 0 aliphatic rings. The van der Waals surface area contributed by atoms with E-state index in [0.717, 1.165) is 12.1 Å². The van der Waals surface area contributed by atoms with Crippen LogP contribution in [-0.2, 0) is 24.3 Å². The Kier molecular flexibility index (Phi) is 5.17. The highest BCUT2D eigenvalue weighted by atomic mass is 32.2. The van der Waals surface area contributed by atoms with E-state index in [0.29, 0.717) is 0 Å². The van der Waals surface area contributed by atoms with Crippen molar-refractivity contribution in [2.45, 2.75) is 17.9 Å². The fourth-order valence-electron chi connectivity index (χ4n) is 1.17. The van der Waals surface area contributed by atoms with Crippen LogP contribution in [0.1, 0.15) is 6.92 Å². The molecule has 0 aliphatic carbocycles. The number of rotatable bonds is 6. The molecule has 0 radical (unpaired) electrons. The molecule has 0 saturated heterocycles. The van der Waals surface area contributed by atoms with Gasteiger partial charge in [0.1, 0.15) is 12.4 Å². The third-order valence-corrected chi connectivity index (χ3v) is 3.62. The fraction of sp³-hybridized carbons (Fsp3) is 0.273. The number of nitrogens with two attached hydrogens (primary N) is 1. The molecule has 1 aromatic carbocycles. The van der Waals surface area contributed by atoms with E-state index in [4.69, 9.17) is 5.73 Å². The van der Waals surface area contributed by atoms with Crippen molar-refractivity contribution < 1.29 is 27.1 Å². The van der Waals surface area contributed by atoms with Crippen LogP contribution in [0, 0.1) is 5.82 Å². The first kappa shape index (κ1) is 16.1.